The zero-order valence-corrected chi connectivity index (χ0v) is 15.2. The van der Waals surface area contributed by atoms with Gasteiger partial charge in [0.05, 0.1) is 11.9 Å². The van der Waals surface area contributed by atoms with Gasteiger partial charge < -0.3 is 5.32 Å². The average Bonchev–Trinajstić information content (AvgIpc) is 2.49. The van der Waals surface area contributed by atoms with Gasteiger partial charge in [-0.25, -0.2) is 8.42 Å². The number of carbonyl (C=O) groups excluding carboxylic acids is 1. The van der Waals surface area contributed by atoms with Crippen molar-refractivity contribution in [3.63, 3.8) is 0 Å². The Morgan fingerprint density at radius 3 is 2.29 bits per heavy atom. The van der Waals surface area contributed by atoms with Crippen molar-refractivity contribution < 1.29 is 13.2 Å². The minimum Gasteiger partial charge on any atom is -0.350 e. The van der Waals surface area contributed by atoms with Gasteiger partial charge in [-0.15, -0.1) is 0 Å². The molecule has 0 fully saturated rings. The first-order valence-electron chi connectivity index (χ1n) is 7.00. The van der Waals surface area contributed by atoms with Crippen molar-refractivity contribution >= 4 is 44.8 Å². The summed E-state index contributed by atoms with van der Waals surface area (Å²) in [6.45, 7) is -0.0771. The van der Waals surface area contributed by atoms with E-state index in [4.69, 9.17) is 23.2 Å². The van der Waals surface area contributed by atoms with E-state index in [0.717, 1.165) is 16.1 Å². The third-order valence-electron chi connectivity index (χ3n) is 3.16. The van der Waals surface area contributed by atoms with E-state index in [9.17, 15) is 13.2 Å². The Labute approximate surface area is 151 Å². The molecule has 0 spiro atoms. The van der Waals surface area contributed by atoms with Gasteiger partial charge in [0.25, 0.3) is 0 Å². The van der Waals surface area contributed by atoms with E-state index in [0.29, 0.717) is 15.7 Å². The number of benzene rings is 2. The van der Waals surface area contributed by atoms with Crippen molar-refractivity contribution in [1.29, 1.82) is 0 Å². The van der Waals surface area contributed by atoms with E-state index < -0.39 is 15.9 Å². The SMILES string of the molecule is CS(=O)(=O)N(CC(=O)NCc1cccc(Cl)c1)c1cccc(Cl)c1. The van der Waals surface area contributed by atoms with Crippen LogP contribution in [0.1, 0.15) is 5.56 Å². The second-order valence-electron chi connectivity index (χ2n) is 5.16. The number of carbonyl (C=O) groups is 1. The summed E-state index contributed by atoms with van der Waals surface area (Å²) in [4.78, 5) is 12.1. The van der Waals surface area contributed by atoms with Gasteiger partial charge in [-0.1, -0.05) is 41.4 Å². The zero-order valence-electron chi connectivity index (χ0n) is 12.9. The number of anilines is 1. The van der Waals surface area contributed by atoms with E-state index >= 15 is 0 Å². The molecule has 2 rings (SSSR count). The lowest BCUT2D eigenvalue weighted by Gasteiger charge is -2.22. The first-order chi connectivity index (χ1) is 11.3. The Morgan fingerprint density at radius 1 is 1.08 bits per heavy atom. The fourth-order valence-corrected chi connectivity index (χ4v) is 3.31. The molecule has 2 aromatic rings. The van der Waals surface area contributed by atoms with Crippen LogP contribution < -0.4 is 9.62 Å². The summed E-state index contributed by atoms with van der Waals surface area (Å²) in [5.74, 6) is -0.430. The highest BCUT2D eigenvalue weighted by Crippen LogP contribution is 2.21. The van der Waals surface area contributed by atoms with Crippen LogP contribution in [0.25, 0.3) is 0 Å². The quantitative estimate of drug-likeness (QED) is 0.829. The maximum absolute atomic E-state index is 12.1. The molecular formula is C16H16Cl2N2O3S. The number of hydrogen-bond donors (Lipinski definition) is 1. The molecule has 8 heteroatoms. The molecule has 0 radical (unpaired) electrons. The predicted octanol–water partition coefficient (Wildman–Crippen LogP) is 3.08. The Morgan fingerprint density at radius 2 is 1.71 bits per heavy atom. The molecule has 1 N–H and O–H groups in total. The Bertz CT molecular complexity index is 841. The molecule has 0 aliphatic carbocycles. The van der Waals surface area contributed by atoms with Crippen LogP contribution in [-0.2, 0) is 21.4 Å². The number of sulfonamides is 1. The summed E-state index contributed by atoms with van der Waals surface area (Å²) in [6, 6.07) is 13.4. The van der Waals surface area contributed by atoms with Gasteiger partial charge >= 0.3 is 0 Å². The normalized spacial score (nSPS) is 11.1. The van der Waals surface area contributed by atoms with E-state index in [2.05, 4.69) is 5.32 Å². The number of halogens is 2. The van der Waals surface area contributed by atoms with E-state index in [1.54, 1.807) is 36.4 Å². The van der Waals surface area contributed by atoms with Crippen LogP contribution in [0.5, 0.6) is 0 Å². The summed E-state index contributed by atoms with van der Waals surface area (Å²) in [6.07, 6.45) is 1.04. The minimum atomic E-state index is -3.63. The molecule has 0 unspecified atom stereocenters. The smallest absolute Gasteiger partial charge is 0.241 e. The van der Waals surface area contributed by atoms with Crippen LogP contribution in [0.2, 0.25) is 10.0 Å². The summed E-state index contributed by atoms with van der Waals surface area (Å²) in [5, 5.41) is 3.63. The molecule has 24 heavy (non-hydrogen) atoms. The summed E-state index contributed by atoms with van der Waals surface area (Å²) >= 11 is 11.8. The van der Waals surface area contributed by atoms with Crippen LogP contribution in [0.4, 0.5) is 5.69 Å². The average molecular weight is 387 g/mol. The van der Waals surface area contributed by atoms with Crippen molar-refractivity contribution in [3.8, 4) is 0 Å². The second-order valence-corrected chi connectivity index (χ2v) is 7.94. The van der Waals surface area contributed by atoms with E-state index in [1.807, 2.05) is 6.07 Å². The van der Waals surface area contributed by atoms with Crippen LogP contribution in [0.3, 0.4) is 0 Å². The molecule has 0 aromatic heterocycles. The molecule has 128 valence electrons. The monoisotopic (exact) mass is 386 g/mol. The second kappa shape index (κ2) is 7.88. The molecule has 0 atom stereocenters. The summed E-state index contributed by atoms with van der Waals surface area (Å²) in [5.41, 5.74) is 1.16. The maximum Gasteiger partial charge on any atom is 0.241 e. The molecule has 0 aliphatic rings. The Kier molecular flexibility index (Phi) is 6.10. The van der Waals surface area contributed by atoms with Crippen LogP contribution in [0, 0.1) is 0 Å². The first-order valence-corrected chi connectivity index (χ1v) is 9.60. The van der Waals surface area contributed by atoms with Gasteiger partial charge in [0.1, 0.15) is 6.54 Å². The highest BCUT2D eigenvalue weighted by molar-refractivity contribution is 7.92. The molecule has 5 nitrogen and oxygen atoms in total. The third-order valence-corrected chi connectivity index (χ3v) is 4.77. The van der Waals surface area contributed by atoms with Crippen LogP contribution in [0.15, 0.2) is 48.5 Å². The maximum atomic E-state index is 12.1. The predicted molar refractivity (Wildman–Crippen MR) is 96.9 cm³/mol. The fraction of sp³-hybridized carbons (Fsp3) is 0.188. The molecule has 0 aliphatic heterocycles. The molecule has 0 saturated heterocycles. The molecule has 2 aromatic carbocycles. The fourth-order valence-electron chi connectivity index (χ4n) is 2.07. The standard InChI is InChI=1S/C16H16Cl2N2O3S/c1-24(22,23)20(15-7-3-6-14(18)9-15)11-16(21)19-10-12-4-2-5-13(17)8-12/h2-9H,10-11H2,1H3,(H,19,21). The van der Waals surface area contributed by atoms with Gasteiger partial charge in [-0.3, -0.25) is 9.10 Å². The molecule has 0 saturated carbocycles. The van der Waals surface area contributed by atoms with Gasteiger partial charge in [-0.05, 0) is 35.9 Å². The zero-order chi connectivity index (χ0) is 17.7. The molecule has 0 heterocycles. The van der Waals surface area contributed by atoms with Crippen LogP contribution >= 0.6 is 23.2 Å². The number of amides is 1. The third kappa shape index (κ3) is 5.40. The number of hydrogen-bond acceptors (Lipinski definition) is 3. The number of nitrogens with one attached hydrogen (secondary N) is 1. The van der Waals surface area contributed by atoms with Gasteiger partial charge in [-0.2, -0.15) is 0 Å². The lowest BCUT2D eigenvalue weighted by atomic mass is 10.2. The lowest BCUT2D eigenvalue weighted by molar-refractivity contribution is -0.119. The van der Waals surface area contributed by atoms with Crippen molar-refractivity contribution in [1.82, 2.24) is 5.32 Å². The van der Waals surface area contributed by atoms with Crippen molar-refractivity contribution in [2.24, 2.45) is 0 Å². The molecule has 0 bridgehead atoms. The van der Waals surface area contributed by atoms with Gasteiger partial charge in [0.2, 0.25) is 15.9 Å². The molecular weight excluding hydrogens is 371 g/mol. The van der Waals surface area contributed by atoms with Gasteiger partial charge in [0, 0.05) is 16.6 Å². The highest BCUT2D eigenvalue weighted by Gasteiger charge is 2.20. The largest absolute Gasteiger partial charge is 0.350 e. The van der Waals surface area contributed by atoms with Crippen molar-refractivity contribution in [2.75, 3.05) is 17.1 Å². The van der Waals surface area contributed by atoms with E-state index in [1.165, 1.54) is 6.07 Å². The van der Waals surface area contributed by atoms with Crippen LogP contribution in [-0.4, -0.2) is 27.1 Å². The van der Waals surface area contributed by atoms with E-state index in [-0.39, 0.29) is 13.1 Å². The Hall–Kier alpha value is -1.76. The van der Waals surface area contributed by atoms with Gasteiger partial charge in [0.15, 0.2) is 0 Å². The first kappa shape index (κ1) is 18.6. The highest BCUT2D eigenvalue weighted by atomic mass is 35.5. The number of nitrogens with zero attached hydrogens (tertiary/aromatic N) is 1. The van der Waals surface area contributed by atoms with Crippen molar-refractivity contribution in [3.05, 3.63) is 64.1 Å². The minimum absolute atomic E-state index is 0.256. The lowest BCUT2D eigenvalue weighted by Crippen LogP contribution is -2.40. The summed E-state index contributed by atoms with van der Waals surface area (Å²) < 4.78 is 25.0. The molecule has 1 amide bonds. The summed E-state index contributed by atoms with van der Waals surface area (Å²) in [7, 11) is -3.63. The van der Waals surface area contributed by atoms with Crippen molar-refractivity contribution in [2.45, 2.75) is 6.54 Å². The number of rotatable bonds is 6. The topological polar surface area (TPSA) is 66.5 Å². The Balaban J connectivity index is 2.08.